The maximum absolute atomic E-state index is 5.78. The Kier molecular flexibility index (Phi) is 4.81. The van der Waals surface area contributed by atoms with Crippen molar-refractivity contribution in [3.05, 3.63) is 59.7 Å². The summed E-state index contributed by atoms with van der Waals surface area (Å²) >= 11 is 0. The molecule has 0 radical (unpaired) electrons. The molecule has 0 N–H and O–H groups in total. The Bertz CT molecular complexity index is 509. The SMILES string of the molecule is COCc1ccc(OCc2ccccc2)c(OC)c1. The van der Waals surface area contributed by atoms with Gasteiger partial charge in [0.15, 0.2) is 11.5 Å². The molecule has 0 aliphatic rings. The molecule has 0 heterocycles. The minimum atomic E-state index is 0.529. The Balaban J connectivity index is 2.07. The molecule has 2 aromatic carbocycles. The van der Waals surface area contributed by atoms with Crippen molar-refractivity contribution < 1.29 is 14.2 Å². The van der Waals surface area contributed by atoms with Crippen molar-refractivity contribution in [2.24, 2.45) is 0 Å². The second kappa shape index (κ2) is 6.81. The van der Waals surface area contributed by atoms with E-state index in [-0.39, 0.29) is 0 Å². The van der Waals surface area contributed by atoms with Gasteiger partial charge in [-0.05, 0) is 23.3 Å². The second-order valence-corrected chi connectivity index (χ2v) is 4.19. The first kappa shape index (κ1) is 13.4. The van der Waals surface area contributed by atoms with Crippen LogP contribution in [-0.2, 0) is 18.0 Å². The molecule has 19 heavy (non-hydrogen) atoms. The zero-order valence-corrected chi connectivity index (χ0v) is 11.3. The van der Waals surface area contributed by atoms with Gasteiger partial charge in [0.2, 0.25) is 0 Å². The second-order valence-electron chi connectivity index (χ2n) is 4.19. The summed E-state index contributed by atoms with van der Waals surface area (Å²) in [7, 11) is 3.31. The summed E-state index contributed by atoms with van der Waals surface area (Å²) in [5.74, 6) is 1.47. The Morgan fingerprint density at radius 1 is 0.789 bits per heavy atom. The van der Waals surface area contributed by atoms with Gasteiger partial charge in [0, 0.05) is 7.11 Å². The topological polar surface area (TPSA) is 27.7 Å². The molecule has 2 aromatic rings. The molecule has 0 unspecified atom stereocenters. The maximum Gasteiger partial charge on any atom is 0.161 e. The van der Waals surface area contributed by atoms with Crippen molar-refractivity contribution >= 4 is 0 Å². The van der Waals surface area contributed by atoms with Crippen molar-refractivity contribution in [2.75, 3.05) is 14.2 Å². The van der Waals surface area contributed by atoms with Crippen LogP contribution < -0.4 is 9.47 Å². The van der Waals surface area contributed by atoms with Crippen molar-refractivity contribution in [2.45, 2.75) is 13.2 Å². The number of benzene rings is 2. The van der Waals surface area contributed by atoms with Crippen LogP contribution in [0.1, 0.15) is 11.1 Å². The van der Waals surface area contributed by atoms with Gasteiger partial charge in [-0.2, -0.15) is 0 Å². The van der Waals surface area contributed by atoms with Gasteiger partial charge in [-0.1, -0.05) is 36.4 Å². The third kappa shape index (κ3) is 3.73. The molecule has 100 valence electrons. The van der Waals surface area contributed by atoms with Gasteiger partial charge in [-0.3, -0.25) is 0 Å². The standard InChI is InChI=1S/C16H18O3/c1-17-11-14-8-9-15(16(10-14)18-2)19-12-13-6-4-3-5-7-13/h3-10H,11-12H2,1-2H3. The van der Waals surface area contributed by atoms with Gasteiger partial charge in [-0.25, -0.2) is 0 Å². The van der Waals surface area contributed by atoms with E-state index in [2.05, 4.69) is 0 Å². The first-order valence-electron chi connectivity index (χ1n) is 6.16. The fourth-order valence-corrected chi connectivity index (χ4v) is 1.82. The number of ether oxygens (including phenoxy) is 3. The largest absolute Gasteiger partial charge is 0.493 e. The van der Waals surface area contributed by atoms with E-state index < -0.39 is 0 Å². The first-order valence-corrected chi connectivity index (χ1v) is 6.16. The smallest absolute Gasteiger partial charge is 0.161 e. The summed E-state index contributed by atoms with van der Waals surface area (Å²) < 4.78 is 16.2. The lowest BCUT2D eigenvalue weighted by atomic mass is 10.2. The zero-order valence-electron chi connectivity index (χ0n) is 11.3. The van der Waals surface area contributed by atoms with Crippen molar-refractivity contribution in [1.29, 1.82) is 0 Å². The molecule has 0 saturated carbocycles. The van der Waals surface area contributed by atoms with Gasteiger partial charge < -0.3 is 14.2 Å². The quantitative estimate of drug-likeness (QED) is 0.794. The number of hydrogen-bond donors (Lipinski definition) is 0. The minimum Gasteiger partial charge on any atom is -0.493 e. The summed E-state index contributed by atoms with van der Waals surface area (Å²) in [5, 5.41) is 0. The molecule has 3 heteroatoms. The highest BCUT2D eigenvalue weighted by Gasteiger charge is 2.06. The van der Waals surface area contributed by atoms with Crippen molar-refractivity contribution in [3.8, 4) is 11.5 Å². The average Bonchev–Trinajstić information content (AvgIpc) is 2.47. The summed E-state index contributed by atoms with van der Waals surface area (Å²) in [6.07, 6.45) is 0. The molecule has 0 fully saturated rings. The molecule has 0 atom stereocenters. The highest BCUT2D eigenvalue weighted by molar-refractivity contribution is 5.43. The number of rotatable bonds is 6. The van der Waals surface area contributed by atoms with E-state index in [1.54, 1.807) is 14.2 Å². The Hall–Kier alpha value is -2.00. The fourth-order valence-electron chi connectivity index (χ4n) is 1.82. The first-order chi connectivity index (χ1) is 9.33. The number of hydrogen-bond acceptors (Lipinski definition) is 3. The van der Waals surface area contributed by atoms with E-state index in [9.17, 15) is 0 Å². The third-order valence-corrected chi connectivity index (χ3v) is 2.78. The van der Waals surface area contributed by atoms with Gasteiger partial charge in [0.1, 0.15) is 6.61 Å². The normalized spacial score (nSPS) is 10.2. The Morgan fingerprint density at radius 3 is 2.26 bits per heavy atom. The van der Waals surface area contributed by atoms with Crippen LogP contribution in [0.15, 0.2) is 48.5 Å². The molecular weight excluding hydrogens is 240 g/mol. The Morgan fingerprint density at radius 2 is 1.58 bits per heavy atom. The predicted octanol–water partition coefficient (Wildman–Crippen LogP) is 3.42. The van der Waals surface area contributed by atoms with E-state index in [1.807, 2.05) is 48.5 Å². The van der Waals surface area contributed by atoms with Crippen LogP contribution in [0.2, 0.25) is 0 Å². The molecule has 3 nitrogen and oxygen atoms in total. The van der Waals surface area contributed by atoms with Crippen LogP contribution in [0.4, 0.5) is 0 Å². The zero-order chi connectivity index (χ0) is 13.5. The van der Waals surface area contributed by atoms with Crippen LogP contribution >= 0.6 is 0 Å². The molecule has 2 rings (SSSR count). The molecule has 0 bridgehead atoms. The van der Waals surface area contributed by atoms with Crippen molar-refractivity contribution in [3.63, 3.8) is 0 Å². The highest BCUT2D eigenvalue weighted by atomic mass is 16.5. The van der Waals surface area contributed by atoms with Crippen LogP contribution in [-0.4, -0.2) is 14.2 Å². The van der Waals surface area contributed by atoms with Crippen LogP contribution in [0.5, 0.6) is 11.5 Å². The van der Waals surface area contributed by atoms with E-state index in [0.29, 0.717) is 13.2 Å². The number of methoxy groups -OCH3 is 2. The third-order valence-electron chi connectivity index (χ3n) is 2.78. The lowest BCUT2D eigenvalue weighted by Gasteiger charge is -2.12. The lowest BCUT2D eigenvalue weighted by Crippen LogP contribution is -1.98. The lowest BCUT2D eigenvalue weighted by molar-refractivity contribution is 0.184. The van der Waals surface area contributed by atoms with Gasteiger partial charge in [0.25, 0.3) is 0 Å². The monoisotopic (exact) mass is 258 g/mol. The summed E-state index contributed by atoms with van der Waals surface area (Å²) in [6.45, 7) is 1.09. The molecule has 0 saturated heterocycles. The predicted molar refractivity (Wildman–Crippen MR) is 74.5 cm³/mol. The summed E-state index contributed by atoms with van der Waals surface area (Å²) in [4.78, 5) is 0. The highest BCUT2D eigenvalue weighted by Crippen LogP contribution is 2.29. The van der Waals surface area contributed by atoms with Gasteiger partial charge >= 0.3 is 0 Å². The Labute approximate surface area is 113 Å². The molecule has 0 aliphatic heterocycles. The van der Waals surface area contributed by atoms with Gasteiger partial charge in [-0.15, -0.1) is 0 Å². The molecule has 0 aromatic heterocycles. The van der Waals surface area contributed by atoms with Crippen LogP contribution in [0.25, 0.3) is 0 Å². The summed E-state index contributed by atoms with van der Waals surface area (Å²) in [5.41, 5.74) is 2.19. The molecule has 0 amide bonds. The van der Waals surface area contributed by atoms with E-state index >= 15 is 0 Å². The summed E-state index contributed by atoms with van der Waals surface area (Å²) in [6, 6.07) is 15.9. The van der Waals surface area contributed by atoms with Crippen LogP contribution in [0.3, 0.4) is 0 Å². The minimum absolute atomic E-state index is 0.529. The van der Waals surface area contributed by atoms with E-state index in [4.69, 9.17) is 14.2 Å². The fraction of sp³-hybridized carbons (Fsp3) is 0.250. The molecule has 0 aliphatic carbocycles. The van der Waals surface area contributed by atoms with Crippen molar-refractivity contribution in [1.82, 2.24) is 0 Å². The van der Waals surface area contributed by atoms with E-state index in [0.717, 1.165) is 22.6 Å². The maximum atomic E-state index is 5.78. The molecule has 0 spiro atoms. The van der Waals surface area contributed by atoms with Gasteiger partial charge in [0.05, 0.1) is 13.7 Å². The van der Waals surface area contributed by atoms with Crippen LogP contribution in [0, 0.1) is 0 Å². The molecular formula is C16H18O3. The average molecular weight is 258 g/mol. The van der Waals surface area contributed by atoms with E-state index in [1.165, 1.54) is 0 Å².